The van der Waals surface area contributed by atoms with Crippen molar-refractivity contribution in [1.82, 2.24) is 10.2 Å². The molecule has 0 spiro atoms. The fourth-order valence-electron chi connectivity index (χ4n) is 2.79. The predicted octanol–water partition coefficient (Wildman–Crippen LogP) is 3.07. The summed E-state index contributed by atoms with van der Waals surface area (Å²) < 4.78 is 18.2. The van der Waals surface area contributed by atoms with Crippen LogP contribution >= 0.6 is 0 Å². The molecule has 144 valence electrons. The van der Waals surface area contributed by atoms with Gasteiger partial charge in [-0.15, -0.1) is 0 Å². The van der Waals surface area contributed by atoms with E-state index in [2.05, 4.69) is 5.32 Å². The lowest BCUT2D eigenvalue weighted by atomic mass is 10.0. The fraction of sp³-hybridized carbons (Fsp3) is 0.333. The van der Waals surface area contributed by atoms with Crippen LogP contribution in [-0.2, 0) is 20.9 Å². The van der Waals surface area contributed by atoms with Gasteiger partial charge in [0, 0.05) is 26.6 Å². The summed E-state index contributed by atoms with van der Waals surface area (Å²) in [6.45, 7) is 2.70. The zero-order valence-electron chi connectivity index (χ0n) is 15.7. The van der Waals surface area contributed by atoms with Gasteiger partial charge in [-0.25, -0.2) is 4.39 Å². The summed E-state index contributed by atoms with van der Waals surface area (Å²) in [5.74, 6) is -0.777. The minimum Gasteiger partial charge on any atom is -0.383 e. The summed E-state index contributed by atoms with van der Waals surface area (Å²) in [4.78, 5) is 27.1. The van der Waals surface area contributed by atoms with E-state index < -0.39 is 6.04 Å². The smallest absolute Gasteiger partial charge is 0.247 e. The van der Waals surface area contributed by atoms with E-state index in [-0.39, 0.29) is 30.6 Å². The maximum Gasteiger partial charge on any atom is 0.247 e. The first-order valence-corrected chi connectivity index (χ1v) is 8.92. The average molecular weight is 372 g/mol. The van der Waals surface area contributed by atoms with Gasteiger partial charge in [0.1, 0.15) is 11.9 Å². The fourth-order valence-corrected chi connectivity index (χ4v) is 2.79. The third-order valence-corrected chi connectivity index (χ3v) is 4.17. The van der Waals surface area contributed by atoms with Gasteiger partial charge in [-0.2, -0.15) is 0 Å². The predicted molar refractivity (Wildman–Crippen MR) is 101 cm³/mol. The maximum absolute atomic E-state index is 13.2. The van der Waals surface area contributed by atoms with Crippen LogP contribution in [0.5, 0.6) is 0 Å². The lowest BCUT2D eigenvalue weighted by Gasteiger charge is -2.31. The number of nitrogens with one attached hydrogen (secondary N) is 1. The van der Waals surface area contributed by atoms with Gasteiger partial charge in [0.25, 0.3) is 0 Å². The molecule has 2 aromatic carbocycles. The van der Waals surface area contributed by atoms with Crippen molar-refractivity contribution in [1.29, 1.82) is 0 Å². The molecule has 1 N–H and O–H groups in total. The molecule has 0 aromatic heterocycles. The second-order valence-electron chi connectivity index (χ2n) is 6.10. The Morgan fingerprint density at radius 3 is 2.37 bits per heavy atom. The lowest BCUT2D eigenvalue weighted by molar-refractivity contribution is -0.141. The van der Waals surface area contributed by atoms with Crippen LogP contribution in [-0.4, -0.2) is 37.0 Å². The zero-order valence-corrected chi connectivity index (χ0v) is 15.7. The van der Waals surface area contributed by atoms with E-state index in [1.54, 1.807) is 26.2 Å². The molecule has 0 radical (unpaired) electrons. The van der Waals surface area contributed by atoms with Crippen molar-refractivity contribution in [2.75, 3.05) is 20.3 Å². The molecular weight excluding hydrogens is 347 g/mol. The Hall–Kier alpha value is -2.73. The molecule has 0 saturated carbocycles. The van der Waals surface area contributed by atoms with Gasteiger partial charge in [0.05, 0.1) is 6.61 Å². The molecule has 0 saturated heterocycles. The number of nitrogens with zero attached hydrogens (tertiary/aromatic N) is 1. The van der Waals surface area contributed by atoms with Crippen molar-refractivity contribution in [2.45, 2.75) is 25.9 Å². The van der Waals surface area contributed by atoms with Crippen LogP contribution in [0.25, 0.3) is 0 Å². The first-order chi connectivity index (χ1) is 13.1. The third-order valence-electron chi connectivity index (χ3n) is 4.17. The van der Waals surface area contributed by atoms with Crippen LogP contribution in [0.2, 0.25) is 0 Å². The number of ether oxygens (including phenoxy) is 1. The first kappa shape index (κ1) is 20.6. The van der Waals surface area contributed by atoms with Crippen LogP contribution in [0.15, 0.2) is 54.6 Å². The highest BCUT2D eigenvalue weighted by Gasteiger charge is 2.30. The molecule has 0 aliphatic carbocycles. The SMILES string of the molecule is CCC(=O)N(Cc1ccc(F)cc1)C(C(=O)NCCOC)c1ccccc1. The van der Waals surface area contributed by atoms with Gasteiger partial charge < -0.3 is 15.0 Å². The van der Waals surface area contributed by atoms with Gasteiger partial charge in [0.2, 0.25) is 11.8 Å². The molecule has 1 atom stereocenters. The van der Waals surface area contributed by atoms with Crippen LogP contribution in [0, 0.1) is 5.82 Å². The second-order valence-corrected chi connectivity index (χ2v) is 6.10. The molecule has 1 unspecified atom stereocenters. The molecule has 0 fully saturated rings. The van der Waals surface area contributed by atoms with Crippen LogP contribution in [0.4, 0.5) is 4.39 Å². The van der Waals surface area contributed by atoms with Crippen molar-refractivity contribution < 1.29 is 18.7 Å². The molecule has 6 heteroatoms. The van der Waals surface area contributed by atoms with Gasteiger partial charge in [-0.3, -0.25) is 9.59 Å². The largest absolute Gasteiger partial charge is 0.383 e. The quantitative estimate of drug-likeness (QED) is 0.688. The highest BCUT2D eigenvalue weighted by atomic mass is 19.1. The Labute approximate surface area is 159 Å². The lowest BCUT2D eigenvalue weighted by Crippen LogP contribution is -2.44. The number of amides is 2. The van der Waals surface area contributed by atoms with Crippen molar-refractivity contribution in [2.24, 2.45) is 0 Å². The topological polar surface area (TPSA) is 58.6 Å². The molecule has 2 rings (SSSR count). The maximum atomic E-state index is 13.2. The van der Waals surface area contributed by atoms with E-state index >= 15 is 0 Å². The summed E-state index contributed by atoms with van der Waals surface area (Å²) >= 11 is 0. The number of rotatable bonds is 9. The molecule has 5 nitrogen and oxygen atoms in total. The summed E-state index contributed by atoms with van der Waals surface area (Å²) in [7, 11) is 1.56. The van der Waals surface area contributed by atoms with Crippen molar-refractivity contribution >= 4 is 11.8 Å². The van der Waals surface area contributed by atoms with Crippen LogP contribution < -0.4 is 5.32 Å². The van der Waals surface area contributed by atoms with E-state index in [4.69, 9.17) is 4.74 Å². The molecule has 0 aliphatic heterocycles. The normalized spacial score (nSPS) is 11.7. The molecule has 0 bridgehead atoms. The van der Waals surface area contributed by atoms with Crippen LogP contribution in [0.1, 0.15) is 30.5 Å². The molecule has 27 heavy (non-hydrogen) atoms. The van der Waals surface area contributed by atoms with E-state index in [0.717, 1.165) is 11.1 Å². The highest BCUT2D eigenvalue weighted by molar-refractivity contribution is 5.88. The first-order valence-electron chi connectivity index (χ1n) is 8.92. The molecular formula is C21H25FN2O3. The van der Waals surface area contributed by atoms with Gasteiger partial charge in [-0.1, -0.05) is 49.4 Å². The zero-order chi connectivity index (χ0) is 19.6. The van der Waals surface area contributed by atoms with Crippen LogP contribution in [0.3, 0.4) is 0 Å². The Morgan fingerprint density at radius 2 is 1.78 bits per heavy atom. The number of carbonyl (C=O) groups is 2. The molecule has 2 amide bonds. The van der Waals surface area contributed by atoms with Crippen molar-refractivity contribution in [3.8, 4) is 0 Å². The molecule has 2 aromatic rings. The molecule has 0 aliphatic rings. The minimum atomic E-state index is -0.777. The Bertz CT molecular complexity index is 735. The Kier molecular flexibility index (Phi) is 7.95. The number of carbonyl (C=O) groups excluding carboxylic acids is 2. The Balaban J connectivity index is 2.35. The average Bonchev–Trinajstić information content (AvgIpc) is 2.69. The summed E-state index contributed by atoms with van der Waals surface area (Å²) in [6.07, 6.45) is 0.260. The number of halogens is 1. The van der Waals surface area contributed by atoms with Gasteiger partial charge in [0.15, 0.2) is 0 Å². The summed E-state index contributed by atoms with van der Waals surface area (Å²) in [6, 6.07) is 14.3. The number of hydrogen-bond acceptors (Lipinski definition) is 3. The number of hydrogen-bond donors (Lipinski definition) is 1. The van der Waals surface area contributed by atoms with Crippen molar-refractivity contribution in [3.05, 3.63) is 71.5 Å². The third kappa shape index (κ3) is 5.89. The van der Waals surface area contributed by atoms with E-state index in [1.165, 1.54) is 17.0 Å². The van der Waals surface area contributed by atoms with E-state index in [0.29, 0.717) is 13.2 Å². The summed E-state index contributed by atoms with van der Waals surface area (Å²) in [5, 5.41) is 2.82. The molecule has 0 heterocycles. The Morgan fingerprint density at radius 1 is 1.11 bits per heavy atom. The number of methoxy groups -OCH3 is 1. The monoisotopic (exact) mass is 372 g/mol. The summed E-state index contributed by atoms with van der Waals surface area (Å²) in [5.41, 5.74) is 1.47. The number of benzene rings is 2. The van der Waals surface area contributed by atoms with E-state index in [9.17, 15) is 14.0 Å². The second kappa shape index (κ2) is 10.4. The minimum absolute atomic E-state index is 0.157. The standard InChI is InChI=1S/C21H25FN2O3/c1-3-19(25)24(15-16-9-11-18(22)12-10-16)20(17-7-5-4-6-8-17)21(26)23-13-14-27-2/h4-12,20H,3,13-15H2,1-2H3,(H,23,26). The van der Waals surface area contributed by atoms with Crippen molar-refractivity contribution in [3.63, 3.8) is 0 Å². The highest BCUT2D eigenvalue weighted by Crippen LogP contribution is 2.24. The van der Waals surface area contributed by atoms with E-state index in [1.807, 2.05) is 30.3 Å². The van der Waals surface area contributed by atoms with Gasteiger partial charge in [-0.05, 0) is 23.3 Å². The van der Waals surface area contributed by atoms with Gasteiger partial charge >= 0.3 is 0 Å².